The molecule has 4 saturated carbocycles. The number of amides is 1. The van der Waals surface area contributed by atoms with Gasteiger partial charge in [0, 0.05) is 0 Å². The first-order valence-corrected chi connectivity index (χ1v) is 9.55. The van der Waals surface area contributed by atoms with Gasteiger partial charge in [-0.1, -0.05) is 12.1 Å². The molecule has 0 saturated heterocycles. The zero-order chi connectivity index (χ0) is 18.3. The van der Waals surface area contributed by atoms with Crippen LogP contribution in [-0.4, -0.2) is 18.0 Å². The van der Waals surface area contributed by atoms with Crippen molar-refractivity contribution in [1.29, 1.82) is 5.26 Å². The highest BCUT2D eigenvalue weighted by Gasteiger charge is 2.51. The number of anilines is 1. The quantitative estimate of drug-likeness (QED) is 0.841. The summed E-state index contributed by atoms with van der Waals surface area (Å²) in [6, 6.07) is 8.85. The maximum atomic E-state index is 12.8. The van der Waals surface area contributed by atoms with Crippen LogP contribution in [0.1, 0.15) is 44.6 Å². The van der Waals surface area contributed by atoms with E-state index in [0.29, 0.717) is 23.1 Å². The Morgan fingerprint density at radius 1 is 1.12 bits per heavy atom. The molecule has 0 spiro atoms. The molecule has 0 aliphatic heterocycles. The summed E-state index contributed by atoms with van der Waals surface area (Å²) >= 11 is 0. The van der Waals surface area contributed by atoms with Crippen molar-refractivity contribution in [1.82, 2.24) is 0 Å². The fraction of sp³-hybridized carbons (Fsp3) is 0.571. The average Bonchev–Trinajstić information content (AvgIpc) is 2.61. The molecule has 136 valence electrons. The van der Waals surface area contributed by atoms with E-state index in [1.54, 1.807) is 31.2 Å². The van der Waals surface area contributed by atoms with Crippen LogP contribution in [0.5, 0.6) is 0 Å². The topological polar surface area (TPSA) is 79.2 Å². The average molecular weight is 352 g/mol. The highest BCUT2D eigenvalue weighted by molar-refractivity contribution is 5.96. The van der Waals surface area contributed by atoms with E-state index in [2.05, 4.69) is 5.32 Å². The van der Waals surface area contributed by atoms with Gasteiger partial charge in [0.05, 0.1) is 17.2 Å². The largest absolute Gasteiger partial charge is 0.452 e. The molecule has 1 N–H and O–H groups in total. The summed E-state index contributed by atoms with van der Waals surface area (Å²) in [5, 5.41) is 11.8. The molecule has 1 aromatic rings. The number of rotatable bonds is 4. The summed E-state index contributed by atoms with van der Waals surface area (Å²) in [5.41, 5.74) is 0.831. The number of para-hydroxylation sites is 1. The molecule has 5 rings (SSSR count). The normalized spacial score (nSPS) is 32.5. The second-order valence-corrected chi connectivity index (χ2v) is 8.18. The van der Waals surface area contributed by atoms with Crippen LogP contribution in [0.3, 0.4) is 0 Å². The van der Waals surface area contributed by atoms with Crippen molar-refractivity contribution in [3.63, 3.8) is 0 Å². The Kier molecular flexibility index (Phi) is 4.44. The van der Waals surface area contributed by atoms with Gasteiger partial charge >= 0.3 is 5.97 Å². The molecule has 5 heteroatoms. The van der Waals surface area contributed by atoms with Crippen molar-refractivity contribution in [2.24, 2.45) is 29.6 Å². The fourth-order valence-electron chi connectivity index (χ4n) is 5.54. The second kappa shape index (κ2) is 6.75. The van der Waals surface area contributed by atoms with E-state index in [0.717, 1.165) is 37.5 Å². The molecule has 0 heterocycles. The molecule has 4 aliphatic carbocycles. The van der Waals surface area contributed by atoms with Crippen LogP contribution < -0.4 is 5.32 Å². The van der Waals surface area contributed by atoms with Crippen LogP contribution in [-0.2, 0) is 14.3 Å². The first-order chi connectivity index (χ1) is 12.5. The van der Waals surface area contributed by atoms with Crippen LogP contribution in [0, 0.1) is 40.9 Å². The van der Waals surface area contributed by atoms with Crippen molar-refractivity contribution in [2.45, 2.75) is 45.1 Å². The highest BCUT2D eigenvalue weighted by atomic mass is 16.5. The molecule has 4 aliphatic rings. The minimum absolute atomic E-state index is 0.0376. The van der Waals surface area contributed by atoms with Gasteiger partial charge in [-0.25, -0.2) is 0 Å². The second-order valence-electron chi connectivity index (χ2n) is 8.18. The van der Waals surface area contributed by atoms with Gasteiger partial charge in [-0.2, -0.15) is 5.26 Å². The molecule has 1 amide bonds. The monoisotopic (exact) mass is 352 g/mol. The zero-order valence-corrected chi connectivity index (χ0v) is 15.0. The number of hydrogen-bond donors (Lipinski definition) is 1. The van der Waals surface area contributed by atoms with Gasteiger partial charge in [0.1, 0.15) is 6.07 Å². The zero-order valence-electron chi connectivity index (χ0n) is 15.0. The maximum absolute atomic E-state index is 12.8. The molecule has 1 aromatic carbocycles. The third-order valence-corrected chi connectivity index (χ3v) is 6.47. The van der Waals surface area contributed by atoms with Crippen molar-refractivity contribution in [3.05, 3.63) is 29.8 Å². The van der Waals surface area contributed by atoms with Crippen LogP contribution in [0.2, 0.25) is 0 Å². The molecule has 0 aromatic heterocycles. The van der Waals surface area contributed by atoms with Gasteiger partial charge in [0.25, 0.3) is 5.91 Å². The Morgan fingerprint density at radius 2 is 1.73 bits per heavy atom. The number of hydrogen-bond acceptors (Lipinski definition) is 4. The molecule has 4 bridgehead atoms. The summed E-state index contributed by atoms with van der Waals surface area (Å²) in [5.74, 6) is 1.82. The molecule has 5 nitrogen and oxygen atoms in total. The number of carbonyl (C=O) groups excluding carboxylic acids is 2. The summed E-state index contributed by atoms with van der Waals surface area (Å²) in [4.78, 5) is 25.2. The Labute approximate surface area is 153 Å². The number of carbonyl (C=O) groups is 2. The first kappa shape index (κ1) is 17.1. The number of nitriles is 1. The summed E-state index contributed by atoms with van der Waals surface area (Å²) in [6.07, 6.45) is 5.04. The molecule has 0 unspecified atom stereocenters. The van der Waals surface area contributed by atoms with Crippen LogP contribution in [0.4, 0.5) is 5.69 Å². The highest BCUT2D eigenvalue weighted by Crippen LogP contribution is 2.56. The third kappa shape index (κ3) is 3.09. The maximum Gasteiger partial charge on any atom is 0.310 e. The number of nitrogens with one attached hydrogen (secondary N) is 1. The Morgan fingerprint density at radius 3 is 2.35 bits per heavy atom. The minimum Gasteiger partial charge on any atom is -0.452 e. The standard InChI is InChI=1S/C21H24N2O3/c1-12(20(24)23-18-5-3-2-4-15(18)11-22)26-21(25)19-16-7-13-6-14(9-16)10-17(19)8-13/h2-5,12-14,16-17,19H,6-10H2,1H3,(H,23,24)/t12-,13?,14?,16?,17?,19?/m1/s1. The van der Waals surface area contributed by atoms with Crippen LogP contribution in [0.15, 0.2) is 24.3 Å². The van der Waals surface area contributed by atoms with E-state index < -0.39 is 12.0 Å². The lowest BCUT2D eigenvalue weighted by Gasteiger charge is -2.53. The minimum atomic E-state index is -0.869. The molecule has 26 heavy (non-hydrogen) atoms. The summed E-state index contributed by atoms with van der Waals surface area (Å²) in [6.45, 7) is 1.60. The number of benzene rings is 1. The Balaban J connectivity index is 1.38. The van der Waals surface area contributed by atoms with E-state index >= 15 is 0 Å². The van der Waals surface area contributed by atoms with E-state index in [1.165, 1.54) is 6.42 Å². The smallest absolute Gasteiger partial charge is 0.310 e. The molecular formula is C21H24N2O3. The van der Waals surface area contributed by atoms with Crippen molar-refractivity contribution >= 4 is 17.6 Å². The fourth-order valence-corrected chi connectivity index (χ4v) is 5.54. The SMILES string of the molecule is C[C@@H](OC(=O)C1C2CC3CC(C2)CC1C3)C(=O)Nc1ccccc1C#N. The number of esters is 1. The molecular weight excluding hydrogens is 328 g/mol. The number of nitrogens with zero attached hydrogens (tertiary/aromatic N) is 1. The lowest BCUT2D eigenvalue weighted by molar-refractivity contribution is -0.169. The van der Waals surface area contributed by atoms with Gasteiger partial charge in [0.15, 0.2) is 6.10 Å². The van der Waals surface area contributed by atoms with E-state index in [4.69, 9.17) is 10.00 Å². The van der Waals surface area contributed by atoms with E-state index in [9.17, 15) is 9.59 Å². The van der Waals surface area contributed by atoms with Crippen molar-refractivity contribution < 1.29 is 14.3 Å². The summed E-state index contributed by atoms with van der Waals surface area (Å²) < 4.78 is 5.55. The van der Waals surface area contributed by atoms with Gasteiger partial charge in [-0.15, -0.1) is 0 Å². The van der Waals surface area contributed by atoms with Crippen LogP contribution in [0.25, 0.3) is 0 Å². The van der Waals surface area contributed by atoms with Gasteiger partial charge in [-0.3, -0.25) is 9.59 Å². The third-order valence-electron chi connectivity index (χ3n) is 6.47. The van der Waals surface area contributed by atoms with E-state index in [-0.39, 0.29) is 11.9 Å². The lowest BCUT2D eigenvalue weighted by atomic mass is 9.52. The Hall–Kier alpha value is -2.35. The Bertz CT molecular complexity index is 739. The molecule has 0 radical (unpaired) electrons. The van der Waals surface area contributed by atoms with Crippen molar-refractivity contribution in [3.8, 4) is 6.07 Å². The molecule has 1 atom stereocenters. The first-order valence-electron chi connectivity index (χ1n) is 9.55. The summed E-state index contributed by atoms with van der Waals surface area (Å²) in [7, 11) is 0. The van der Waals surface area contributed by atoms with Crippen molar-refractivity contribution in [2.75, 3.05) is 5.32 Å². The van der Waals surface area contributed by atoms with E-state index in [1.807, 2.05) is 6.07 Å². The van der Waals surface area contributed by atoms with Gasteiger partial charge in [0.2, 0.25) is 0 Å². The predicted octanol–water partition coefficient (Wildman–Crippen LogP) is 3.50. The predicted molar refractivity (Wildman–Crippen MR) is 95.9 cm³/mol. The lowest BCUT2D eigenvalue weighted by Crippen LogP contribution is -2.49. The van der Waals surface area contributed by atoms with Gasteiger partial charge in [-0.05, 0) is 74.8 Å². The number of ether oxygens (including phenoxy) is 1. The van der Waals surface area contributed by atoms with Gasteiger partial charge < -0.3 is 10.1 Å². The molecule has 4 fully saturated rings. The van der Waals surface area contributed by atoms with Crippen LogP contribution >= 0.6 is 0 Å².